The first-order valence-corrected chi connectivity index (χ1v) is 7.73. The Morgan fingerprint density at radius 3 is 2.53 bits per heavy atom. The molecule has 0 fully saturated rings. The fourth-order valence-corrected chi connectivity index (χ4v) is 3.37. The number of halogens is 1. The Morgan fingerprint density at radius 1 is 1.35 bits per heavy atom. The monoisotopic (exact) mass is 274 g/mol. The first-order chi connectivity index (χ1) is 7.75. The maximum absolute atomic E-state index is 11.5. The predicted molar refractivity (Wildman–Crippen MR) is 67.4 cm³/mol. The number of fused-ring (bicyclic) bond motifs is 1. The molecule has 0 N–H and O–H groups in total. The van der Waals surface area contributed by atoms with E-state index >= 15 is 0 Å². The summed E-state index contributed by atoms with van der Waals surface area (Å²) in [6, 6.07) is 3.45. The molecule has 1 aromatic rings. The van der Waals surface area contributed by atoms with Crippen molar-refractivity contribution in [2.45, 2.75) is 37.0 Å². The highest BCUT2D eigenvalue weighted by atomic mass is 35.7. The molecule has 0 amide bonds. The molecule has 0 saturated heterocycles. The van der Waals surface area contributed by atoms with Crippen LogP contribution in [0, 0.1) is 0 Å². The van der Waals surface area contributed by atoms with E-state index in [0.29, 0.717) is 5.75 Å². The average Bonchev–Trinajstić information content (AvgIpc) is 2.51. The summed E-state index contributed by atoms with van der Waals surface area (Å²) >= 11 is 0. The molecule has 0 atom stereocenters. The van der Waals surface area contributed by atoms with Gasteiger partial charge in [-0.2, -0.15) is 0 Å². The van der Waals surface area contributed by atoms with Gasteiger partial charge in [-0.15, -0.1) is 0 Å². The van der Waals surface area contributed by atoms with Gasteiger partial charge in [0.05, 0.1) is 7.11 Å². The Labute approximate surface area is 106 Å². The second kappa shape index (κ2) is 3.89. The summed E-state index contributed by atoms with van der Waals surface area (Å²) in [5, 5.41) is 0. The summed E-state index contributed by atoms with van der Waals surface area (Å²) in [6.07, 6.45) is 1.96. The molecule has 94 valence electrons. The van der Waals surface area contributed by atoms with Crippen LogP contribution in [-0.4, -0.2) is 15.5 Å². The highest BCUT2D eigenvalue weighted by Gasteiger charge is 2.32. The smallest absolute Gasteiger partial charge is 0.264 e. The maximum Gasteiger partial charge on any atom is 0.264 e. The summed E-state index contributed by atoms with van der Waals surface area (Å²) in [5.74, 6) is 0.330. The Morgan fingerprint density at radius 2 is 2.00 bits per heavy atom. The third kappa shape index (κ3) is 2.16. The number of benzene rings is 1. The lowest BCUT2D eigenvalue weighted by Crippen LogP contribution is -2.12. The van der Waals surface area contributed by atoms with Gasteiger partial charge in [0.1, 0.15) is 10.6 Å². The van der Waals surface area contributed by atoms with Crippen LogP contribution in [0.5, 0.6) is 5.75 Å². The topological polar surface area (TPSA) is 43.4 Å². The van der Waals surface area contributed by atoms with Gasteiger partial charge in [-0.1, -0.05) is 13.8 Å². The second-order valence-corrected chi connectivity index (χ2v) is 7.52. The van der Waals surface area contributed by atoms with E-state index in [-0.39, 0.29) is 10.3 Å². The molecular weight excluding hydrogens is 260 g/mol. The maximum atomic E-state index is 11.5. The summed E-state index contributed by atoms with van der Waals surface area (Å²) in [4.78, 5) is 0.0652. The normalized spacial score (nSPS) is 17.9. The molecule has 1 aromatic carbocycles. The number of methoxy groups -OCH3 is 1. The van der Waals surface area contributed by atoms with Crippen molar-refractivity contribution in [2.75, 3.05) is 7.11 Å². The molecule has 2 rings (SSSR count). The highest BCUT2D eigenvalue weighted by Crippen LogP contribution is 2.42. The van der Waals surface area contributed by atoms with Crippen molar-refractivity contribution in [2.24, 2.45) is 0 Å². The third-order valence-electron chi connectivity index (χ3n) is 3.40. The van der Waals surface area contributed by atoms with Crippen LogP contribution >= 0.6 is 10.7 Å². The molecule has 3 nitrogen and oxygen atoms in total. The molecule has 0 aliphatic heterocycles. The van der Waals surface area contributed by atoms with E-state index in [2.05, 4.69) is 13.8 Å². The largest absolute Gasteiger partial charge is 0.495 e. The van der Waals surface area contributed by atoms with Gasteiger partial charge in [0.15, 0.2) is 0 Å². The van der Waals surface area contributed by atoms with Gasteiger partial charge in [-0.3, -0.25) is 0 Å². The molecule has 0 bridgehead atoms. The van der Waals surface area contributed by atoms with Crippen molar-refractivity contribution in [3.8, 4) is 5.75 Å². The lowest BCUT2D eigenvalue weighted by molar-refractivity contribution is 0.402. The van der Waals surface area contributed by atoms with Crippen molar-refractivity contribution < 1.29 is 13.2 Å². The molecule has 0 heterocycles. The van der Waals surface area contributed by atoms with Gasteiger partial charge >= 0.3 is 0 Å². The Kier molecular flexibility index (Phi) is 2.91. The molecule has 17 heavy (non-hydrogen) atoms. The summed E-state index contributed by atoms with van der Waals surface area (Å²) in [6.45, 7) is 4.21. The van der Waals surface area contributed by atoms with Crippen LogP contribution in [-0.2, 0) is 20.9 Å². The van der Waals surface area contributed by atoms with Crippen molar-refractivity contribution in [1.29, 1.82) is 0 Å². The standard InChI is InChI=1S/C12H15ClO3S/c1-12(2)5-4-8-6-10(16-3)11(7-9(8)12)17(13,14)15/h6-7H,4-5H2,1-3H3. The molecule has 0 saturated carbocycles. The minimum Gasteiger partial charge on any atom is -0.495 e. The van der Waals surface area contributed by atoms with E-state index in [4.69, 9.17) is 15.4 Å². The van der Waals surface area contributed by atoms with Crippen molar-refractivity contribution >= 4 is 19.7 Å². The lowest BCUT2D eigenvalue weighted by atomic mass is 9.87. The van der Waals surface area contributed by atoms with Crippen LogP contribution in [0.25, 0.3) is 0 Å². The summed E-state index contributed by atoms with van der Waals surface area (Å²) < 4.78 is 28.1. The van der Waals surface area contributed by atoms with Crippen LogP contribution in [0.2, 0.25) is 0 Å². The second-order valence-electron chi connectivity index (χ2n) is 4.98. The Bertz CT molecular complexity index is 561. The third-order valence-corrected chi connectivity index (χ3v) is 4.74. The van der Waals surface area contributed by atoms with E-state index in [9.17, 15) is 8.42 Å². The molecule has 0 spiro atoms. The minimum absolute atomic E-state index is 0.00205. The van der Waals surface area contributed by atoms with Gasteiger partial charge in [0.2, 0.25) is 0 Å². The van der Waals surface area contributed by atoms with E-state index in [0.717, 1.165) is 24.0 Å². The zero-order chi connectivity index (χ0) is 12.8. The molecule has 5 heteroatoms. The zero-order valence-electron chi connectivity index (χ0n) is 10.1. The number of ether oxygens (including phenoxy) is 1. The van der Waals surface area contributed by atoms with Gasteiger partial charge < -0.3 is 4.74 Å². The van der Waals surface area contributed by atoms with Crippen LogP contribution in [0.4, 0.5) is 0 Å². The molecule has 0 aromatic heterocycles. The van der Waals surface area contributed by atoms with Crippen LogP contribution in [0.15, 0.2) is 17.0 Å². The minimum atomic E-state index is -3.77. The van der Waals surface area contributed by atoms with Crippen molar-refractivity contribution in [3.05, 3.63) is 23.3 Å². The summed E-state index contributed by atoms with van der Waals surface area (Å²) in [5.41, 5.74) is 2.20. The van der Waals surface area contributed by atoms with E-state index < -0.39 is 9.05 Å². The van der Waals surface area contributed by atoms with E-state index in [1.807, 2.05) is 0 Å². The predicted octanol–water partition coefficient (Wildman–Crippen LogP) is 2.85. The average molecular weight is 275 g/mol. The molecule has 1 aliphatic carbocycles. The molecule has 1 aliphatic rings. The molecular formula is C12H15ClO3S. The zero-order valence-corrected chi connectivity index (χ0v) is 11.7. The quantitative estimate of drug-likeness (QED) is 0.779. The number of rotatable bonds is 2. The van der Waals surface area contributed by atoms with Crippen molar-refractivity contribution in [1.82, 2.24) is 0 Å². The highest BCUT2D eigenvalue weighted by molar-refractivity contribution is 8.13. The van der Waals surface area contributed by atoms with Gasteiger partial charge in [0, 0.05) is 10.7 Å². The Hall–Kier alpha value is -0.740. The van der Waals surface area contributed by atoms with Crippen molar-refractivity contribution in [3.63, 3.8) is 0 Å². The first-order valence-electron chi connectivity index (χ1n) is 5.42. The van der Waals surface area contributed by atoms with Gasteiger partial charge in [-0.05, 0) is 41.5 Å². The number of aryl methyl sites for hydroxylation is 1. The first kappa shape index (κ1) is 12.7. The fourth-order valence-electron chi connectivity index (χ4n) is 2.37. The molecule has 0 radical (unpaired) electrons. The Balaban J connectivity index is 2.71. The summed E-state index contributed by atoms with van der Waals surface area (Å²) in [7, 11) is 3.11. The van der Waals surface area contributed by atoms with Crippen LogP contribution < -0.4 is 4.74 Å². The number of hydrogen-bond acceptors (Lipinski definition) is 3. The van der Waals surface area contributed by atoms with Gasteiger partial charge in [0.25, 0.3) is 9.05 Å². The van der Waals surface area contributed by atoms with Crippen LogP contribution in [0.1, 0.15) is 31.4 Å². The lowest BCUT2D eigenvalue weighted by Gasteiger charge is -2.20. The van der Waals surface area contributed by atoms with E-state index in [1.54, 1.807) is 12.1 Å². The van der Waals surface area contributed by atoms with E-state index in [1.165, 1.54) is 7.11 Å². The molecule has 0 unspecified atom stereocenters. The fraction of sp³-hybridized carbons (Fsp3) is 0.500. The van der Waals surface area contributed by atoms with Gasteiger partial charge in [-0.25, -0.2) is 8.42 Å². The number of hydrogen-bond donors (Lipinski definition) is 0. The van der Waals surface area contributed by atoms with Crippen LogP contribution in [0.3, 0.4) is 0 Å². The SMILES string of the molecule is COc1cc2c(cc1S(=O)(=O)Cl)C(C)(C)CC2.